The molecule has 0 saturated carbocycles. The van der Waals surface area contributed by atoms with Gasteiger partial charge in [-0.05, 0) is 44.2 Å². The number of likely N-dealkylation sites (N-methyl/N-ethyl adjacent to an activating group) is 1. The summed E-state index contributed by atoms with van der Waals surface area (Å²) in [5, 5.41) is 8.78. The molecule has 22 heavy (non-hydrogen) atoms. The molecule has 2 rings (SSSR count). The van der Waals surface area contributed by atoms with Gasteiger partial charge in [0.05, 0.1) is 5.56 Å². The van der Waals surface area contributed by atoms with Gasteiger partial charge in [-0.1, -0.05) is 0 Å². The fraction of sp³-hybridized carbons (Fsp3) is 0.250. The minimum Gasteiger partial charge on any atom is -0.480 e. The Morgan fingerprint density at radius 2 is 1.82 bits per heavy atom. The Balaban J connectivity index is 2.41. The second kappa shape index (κ2) is 6.01. The summed E-state index contributed by atoms with van der Waals surface area (Å²) in [4.78, 5) is 24.2. The number of rotatable bonds is 4. The fourth-order valence-electron chi connectivity index (χ4n) is 2.45. The number of aliphatic carboxylic acids is 1. The van der Waals surface area contributed by atoms with Crippen LogP contribution in [0.5, 0.6) is 0 Å². The molecule has 1 aromatic heterocycles. The first-order chi connectivity index (χ1) is 10.3. The molecule has 0 atom stereocenters. The lowest BCUT2D eigenvalue weighted by Gasteiger charge is -2.15. The van der Waals surface area contributed by atoms with Gasteiger partial charge in [0.25, 0.3) is 5.91 Å². The van der Waals surface area contributed by atoms with Crippen LogP contribution < -0.4 is 0 Å². The molecule has 0 fully saturated rings. The Hall–Kier alpha value is -2.63. The van der Waals surface area contributed by atoms with E-state index in [0.29, 0.717) is 11.3 Å². The number of carbonyl (C=O) groups excluding carboxylic acids is 1. The van der Waals surface area contributed by atoms with Gasteiger partial charge in [0.1, 0.15) is 12.4 Å². The molecule has 0 spiro atoms. The van der Waals surface area contributed by atoms with E-state index in [9.17, 15) is 14.0 Å². The van der Waals surface area contributed by atoms with Crippen LogP contribution in [0.3, 0.4) is 0 Å². The second-order valence-electron chi connectivity index (χ2n) is 5.15. The summed E-state index contributed by atoms with van der Waals surface area (Å²) in [5.74, 6) is -1.75. The molecule has 0 saturated heterocycles. The molecular weight excluding hydrogens is 287 g/mol. The van der Waals surface area contributed by atoms with Gasteiger partial charge in [0.15, 0.2) is 0 Å². The summed E-state index contributed by atoms with van der Waals surface area (Å²) in [5.41, 5.74) is 2.68. The average molecular weight is 304 g/mol. The minimum absolute atomic E-state index is 0.330. The van der Waals surface area contributed by atoms with Crippen LogP contribution in [0.25, 0.3) is 5.69 Å². The van der Waals surface area contributed by atoms with Crippen molar-refractivity contribution in [2.24, 2.45) is 0 Å². The number of nitrogens with zero attached hydrogens (tertiary/aromatic N) is 2. The number of aryl methyl sites for hydroxylation is 1. The topological polar surface area (TPSA) is 62.5 Å². The molecule has 0 unspecified atom stereocenters. The number of carboxylic acids is 1. The molecule has 0 bridgehead atoms. The van der Waals surface area contributed by atoms with Gasteiger partial charge in [-0.3, -0.25) is 9.59 Å². The molecule has 0 aliphatic heterocycles. The highest BCUT2D eigenvalue weighted by molar-refractivity contribution is 5.97. The van der Waals surface area contributed by atoms with Crippen molar-refractivity contribution in [3.63, 3.8) is 0 Å². The number of amides is 1. The average Bonchev–Trinajstić information content (AvgIpc) is 2.74. The maximum Gasteiger partial charge on any atom is 0.323 e. The van der Waals surface area contributed by atoms with Gasteiger partial charge in [0, 0.05) is 24.1 Å². The summed E-state index contributed by atoms with van der Waals surface area (Å²) in [6, 6.07) is 7.67. The number of carbonyl (C=O) groups is 2. The van der Waals surface area contributed by atoms with E-state index in [1.165, 1.54) is 19.2 Å². The molecule has 1 heterocycles. The van der Waals surface area contributed by atoms with Crippen molar-refractivity contribution in [1.29, 1.82) is 0 Å². The van der Waals surface area contributed by atoms with E-state index in [1.54, 1.807) is 25.1 Å². The Kier molecular flexibility index (Phi) is 4.30. The van der Waals surface area contributed by atoms with Crippen LogP contribution in [-0.2, 0) is 4.79 Å². The van der Waals surface area contributed by atoms with Crippen molar-refractivity contribution in [3.05, 3.63) is 53.1 Å². The van der Waals surface area contributed by atoms with Gasteiger partial charge < -0.3 is 14.6 Å². The lowest BCUT2D eigenvalue weighted by atomic mass is 10.2. The summed E-state index contributed by atoms with van der Waals surface area (Å²) < 4.78 is 14.9. The number of halogens is 1. The van der Waals surface area contributed by atoms with Crippen LogP contribution in [0, 0.1) is 19.7 Å². The number of hydrogen-bond donors (Lipinski definition) is 1. The highest BCUT2D eigenvalue weighted by Gasteiger charge is 2.20. The van der Waals surface area contributed by atoms with Crippen LogP contribution in [-0.4, -0.2) is 40.0 Å². The number of hydrogen-bond acceptors (Lipinski definition) is 2. The highest BCUT2D eigenvalue weighted by Crippen LogP contribution is 2.22. The fourth-order valence-corrected chi connectivity index (χ4v) is 2.45. The number of aromatic nitrogens is 1. The van der Waals surface area contributed by atoms with Crippen molar-refractivity contribution >= 4 is 11.9 Å². The molecular formula is C16H17FN2O3. The Morgan fingerprint density at radius 3 is 2.36 bits per heavy atom. The molecule has 6 heteroatoms. The van der Waals surface area contributed by atoms with Crippen molar-refractivity contribution < 1.29 is 19.1 Å². The predicted molar refractivity (Wildman–Crippen MR) is 79.8 cm³/mol. The minimum atomic E-state index is -1.07. The van der Waals surface area contributed by atoms with Gasteiger partial charge in [0.2, 0.25) is 0 Å². The van der Waals surface area contributed by atoms with Gasteiger partial charge in [-0.2, -0.15) is 0 Å². The van der Waals surface area contributed by atoms with E-state index in [1.807, 2.05) is 11.5 Å². The highest BCUT2D eigenvalue weighted by atomic mass is 19.1. The third-order valence-corrected chi connectivity index (χ3v) is 3.47. The van der Waals surface area contributed by atoms with Gasteiger partial charge in [-0.15, -0.1) is 0 Å². The standard InChI is InChI=1S/C16H17FN2O3/c1-10-8-14(16(22)18(3)9-15(20)21)11(2)19(10)13-6-4-12(17)5-7-13/h4-8H,9H2,1-3H3,(H,20,21). The second-order valence-corrected chi connectivity index (χ2v) is 5.15. The maximum atomic E-state index is 13.0. The Morgan fingerprint density at radius 1 is 1.23 bits per heavy atom. The molecule has 0 aliphatic rings. The quantitative estimate of drug-likeness (QED) is 0.943. The van der Waals surface area contributed by atoms with Crippen LogP contribution in [0.2, 0.25) is 0 Å². The van der Waals surface area contributed by atoms with E-state index in [4.69, 9.17) is 5.11 Å². The van der Waals surface area contributed by atoms with E-state index >= 15 is 0 Å². The molecule has 5 nitrogen and oxygen atoms in total. The molecule has 1 aromatic carbocycles. The monoisotopic (exact) mass is 304 g/mol. The SMILES string of the molecule is Cc1cc(C(=O)N(C)CC(=O)O)c(C)n1-c1ccc(F)cc1. The van der Waals surface area contributed by atoms with Crippen LogP contribution in [0.1, 0.15) is 21.7 Å². The van der Waals surface area contributed by atoms with Crippen molar-refractivity contribution in [1.82, 2.24) is 9.47 Å². The maximum absolute atomic E-state index is 13.0. The first-order valence-electron chi connectivity index (χ1n) is 6.73. The van der Waals surface area contributed by atoms with Crippen LogP contribution in [0.4, 0.5) is 4.39 Å². The van der Waals surface area contributed by atoms with E-state index < -0.39 is 5.97 Å². The smallest absolute Gasteiger partial charge is 0.323 e. The predicted octanol–water partition coefficient (Wildman–Crippen LogP) is 2.39. The number of benzene rings is 1. The Bertz CT molecular complexity index is 720. The summed E-state index contributed by atoms with van der Waals surface area (Å²) >= 11 is 0. The molecule has 116 valence electrons. The summed E-state index contributed by atoms with van der Waals surface area (Å²) in [7, 11) is 1.44. The van der Waals surface area contributed by atoms with E-state index in [-0.39, 0.29) is 18.3 Å². The zero-order valence-corrected chi connectivity index (χ0v) is 12.6. The Labute approximate surface area is 127 Å². The van der Waals surface area contributed by atoms with Crippen molar-refractivity contribution in [2.45, 2.75) is 13.8 Å². The molecule has 0 radical (unpaired) electrons. The molecule has 2 aromatic rings. The van der Waals surface area contributed by atoms with Crippen molar-refractivity contribution in [2.75, 3.05) is 13.6 Å². The lowest BCUT2D eigenvalue weighted by molar-refractivity contribution is -0.137. The normalized spacial score (nSPS) is 10.5. The van der Waals surface area contributed by atoms with Crippen LogP contribution in [0.15, 0.2) is 30.3 Å². The van der Waals surface area contributed by atoms with Crippen LogP contribution >= 0.6 is 0 Å². The van der Waals surface area contributed by atoms with E-state index in [2.05, 4.69) is 0 Å². The largest absolute Gasteiger partial charge is 0.480 e. The summed E-state index contributed by atoms with van der Waals surface area (Å²) in [6.45, 7) is 3.25. The zero-order valence-electron chi connectivity index (χ0n) is 12.6. The number of carboxylic acid groups (broad SMARTS) is 1. The molecule has 0 aliphatic carbocycles. The third-order valence-electron chi connectivity index (χ3n) is 3.47. The molecule has 1 N–H and O–H groups in total. The lowest BCUT2D eigenvalue weighted by Crippen LogP contribution is -2.32. The first-order valence-corrected chi connectivity index (χ1v) is 6.73. The van der Waals surface area contributed by atoms with Crippen molar-refractivity contribution in [3.8, 4) is 5.69 Å². The molecule has 1 amide bonds. The third kappa shape index (κ3) is 3.00. The summed E-state index contributed by atoms with van der Waals surface area (Å²) in [6.07, 6.45) is 0. The van der Waals surface area contributed by atoms with E-state index in [0.717, 1.165) is 16.3 Å². The van der Waals surface area contributed by atoms with Gasteiger partial charge >= 0.3 is 5.97 Å². The van der Waals surface area contributed by atoms with Gasteiger partial charge in [-0.25, -0.2) is 4.39 Å². The zero-order chi connectivity index (χ0) is 16.4. The first kappa shape index (κ1) is 15.8.